The van der Waals surface area contributed by atoms with Gasteiger partial charge in [0.1, 0.15) is 0 Å². The van der Waals surface area contributed by atoms with Gasteiger partial charge in [0, 0.05) is 22.8 Å². The van der Waals surface area contributed by atoms with Crippen LogP contribution in [-0.2, 0) is 19.1 Å². The maximum atomic E-state index is 13.8. The third-order valence-electron chi connectivity index (χ3n) is 12.3. The van der Waals surface area contributed by atoms with Crippen LogP contribution in [0.4, 0.5) is 0 Å². The minimum atomic E-state index is -1.91. The summed E-state index contributed by atoms with van der Waals surface area (Å²) in [5, 5.41) is 23.9. The summed E-state index contributed by atoms with van der Waals surface area (Å²) in [4.78, 5) is 38.8. The maximum Gasteiger partial charge on any atom is 0.331 e. The standard InChI is InChI=1S/C43H54O6/c1-26(15-16-33-28(3)14-11-18-40(33,6)7)12-10-13-27(2)20-38(47)49-25-37(46)43(48)30(5)22-35-32-21-29(4)34-23-31(44)17-19-41(34,8)39(32)36(45)24-42(35,43)9/h10,12-13,15-17,19-23,32,35-36,39,45,48H,11,14,18,24-25H2,1-9H3/b13-10+,16-15+,26-12+,27-20+/t32-,35-,36-,39+,41-,42-,43-/m0/s1. The van der Waals surface area contributed by atoms with Crippen LogP contribution in [0.2, 0.25) is 0 Å². The van der Waals surface area contributed by atoms with Crippen LogP contribution in [0.1, 0.15) is 88.0 Å². The Morgan fingerprint density at radius 1 is 1.04 bits per heavy atom. The summed E-state index contributed by atoms with van der Waals surface area (Å²) < 4.78 is 5.39. The van der Waals surface area contributed by atoms with E-state index in [0.29, 0.717) is 11.1 Å². The van der Waals surface area contributed by atoms with Crippen molar-refractivity contribution < 1.29 is 29.3 Å². The molecule has 0 aromatic heterocycles. The lowest BCUT2D eigenvalue weighted by atomic mass is 9.46. The van der Waals surface area contributed by atoms with E-state index in [1.54, 1.807) is 26.0 Å². The summed E-state index contributed by atoms with van der Waals surface area (Å²) in [5.41, 5.74) is 3.72. The highest BCUT2D eigenvalue weighted by Gasteiger charge is 2.67. The number of allylic oxidation sites excluding steroid dienone is 16. The van der Waals surface area contributed by atoms with Gasteiger partial charge < -0.3 is 14.9 Å². The number of Topliss-reactive ketones (excluding diaryl/α,β-unsaturated/α-hetero) is 1. The number of ketones is 2. The van der Waals surface area contributed by atoms with Crippen molar-refractivity contribution in [3.05, 3.63) is 106 Å². The number of fused-ring (bicyclic) bond motifs is 5. The van der Waals surface area contributed by atoms with Crippen LogP contribution in [0.25, 0.3) is 0 Å². The van der Waals surface area contributed by atoms with Gasteiger partial charge in [0.2, 0.25) is 5.78 Å². The number of hydrogen-bond acceptors (Lipinski definition) is 6. The molecule has 5 rings (SSSR count). The van der Waals surface area contributed by atoms with E-state index >= 15 is 0 Å². The zero-order valence-corrected chi connectivity index (χ0v) is 30.7. The molecule has 6 nitrogen and oxygen atoms in total. The van der Waals surface area contributed by atoms with Crippen molar-refractivity contribution in [2.45, 2.75) is 99.7 Å². The fourth-order valence-electron chi connectivity index (χ4n) is 9.72. The van der Waals surface area contributed by atoms with Gasteiger partial charge in [-0.25, -0.2) is 4.79 Å². The third-order valence-corrected chi connectivity index (χ3v) is 12.3. The van der Waals surface area contributed by atoms with Crippen LogP contribution >= 0.6 is 0 Å². The predicted octanol–water partition coefficient (Wildman–Crippen LogP) is 7.97. The molecular formula is C43H54O6. The summed E-state index contributed by atoms with van der Waals surface area (Å²) in [6.45, 7) is 17.7. The van der Waals surface area contributed by atoms with Crippen LogP contribution in [0, 0.1) is 34.0 Å². The first-order chi connectivity index (χ1) is 22.8. The zero-order valence-electron chi connectivity index (χ0n) is 30.7. The van der Waals surface area contributed by atoms with Crippen molar-refractivity contribution in [3.8, 4) is 0 Å². The first-order valence-electron chi connectivity index (χ1n) is 17.7. The molecule has 2 N–H and O–H groups in total. The van der Waals surface area contributed by atoms with Gasteiger partial charge in [0.25, 0.3) is 0 Å². The first-order valence-corrected chi connectivity index (χ1v) is 17.7. The number of aliphatic hydroxyl groups is 2. The topological polar surface area (TPSA) is 101 Å². The number of carbonyl (C=O) groups excluding carboxylic acids is 3. The van der Waals surface area contributed by atoms with E-state index < -0.39 is 40.9 Å². The molecule has 5 aliphatic carbocycles. The van der Waals surface area contributed by atoms with Crippen molar-refractivity contribution in [1.29, 1.82) is 0 Å². The number of rotatable bonds is 8. The van der Waals surface area contributed by atoms with E-state index in [9.17, 15) is 24.6 Å². The SMILES string of the molecule is CC1=C[C@@H]2[C@H]([C@@H](O)C[C@@]3(C)[C@H]2C=C(C)[C@]3(O)C(=O)COC(=O)/C=C(C)/C=C/C=C(C)/C=C/C2=C(C)CCCC2(C)C)[C@@]2(C)C=CC(=O)C=C12. The first kappa shape index (κ1) is 36.7. The fourth-order valence-corrected chi connectivity index (χ4v) is 9.72. The lowest BCUT2D eigenvalue weighted by Crippen LogP contribution is -2.62. The molecule has 0 heterocycles. The van der Waals surface area contributed by atoms with Crippen molar-refractivity contribution in [3.63, 3.8) is 0 Å². The summed E-state index contributed by atoms with van der Waals surface area (Å²) in [6, 6.07) is 0. The van der Waals surface area contributed by atoms with E-state index in [1.807, 2.05) is 51.2 Å². The molecule has 0 unspecified atom stereocenters. The van der Waals surface area contributed by atoms with E-state index in [0.717, 1.165) is 23.1 Å². The molecular weight excluding hydrogens is 612 g/mol. The van der Waals surface area contributed by atoms with Crippen molar-refractivity contribution in [1.82, 2.24) is 0 Å². The van der Waals surface area contributed by atoms with Crippen LogP contribution in [0.3, 0.4) is 0 Å². The lowest BCUT2D eigenvalue weighted by Gasteiger charge is -2.58. The van der Waals surface area contributed by atoms with Gasteiger partial charge in [-0.3, -0.25) is 9.59 Å². The van der Waals surface area contributed by atoms with Crippen LogP contribution in [0.5, 0.6) is 0 Å². The van der Waals surface area contributed by atoms with Gasteiger partial charge in [-0.05, 0) is 112 Å². The second kappa shape index (κ2) is 13.3. The fraction of sp³-hybridized carbons (Fsp3) is 0.512. The van der Waals surface area contributed by atoms with Gasteiger partial charge >= 0.3 is 5.97 Å². The van der Waals surface area contributed by atoms with Crippen LogP contribution in [0.15, 0.2) is 106 Å². The largest absolute Gasteiger partial charge is 0.454 e. The second-order valence-electron chi connectivity index (χ2n) is 16.3. The Morgan fingerprint density at radius 3 is 2.45 bits per heavy atom. The van der Waals surface area contributed by atoms with E-state index in [2.05, 4.69) is 45.9 Å². The molecule has 262 valence electrons. The summed E-state index contributed by atoms with van der Waals surface area (Å²) in [6.07, 6.45) is 23.5. The normalized spacial score (nSPS) is 35.9. The number of hydrogen-bond donors (Lipinski definition) is 2. The lowest BCUT2D eigenvalue weighted by molar-refractivity contribution is -0.171. The summed E-state index contributed by atoms with van der Waals surface area (Å²) in [7, 11) is 0. The minimum Gasteiger partial charge on any atom is -0.454 e. The monoisotopic (exact) mass is 666 g/mol. The third kappa shape index (κ3) is 6.43. The second-order valence-corrected chi connectivity index (χ2v) is 16.3. The Bertz CT molecular complexity index is 1720. The molecule has 0 aliphatic heterocycles. The zero-order chi connectivity index (χ0) is 36.1. The Kier molecular flexibility index (Phi) is 9.92. The van der Waals surface area contributed by atoms with Crippen molar-refractivity contribution in [2.75, 3.05) is 6.61 Å². The van der Waals surface area contributed by atoms with Crippen LogP contribution < -0.4 is 0 Å². The highest BCUT2D eigenvalue weighted by molar-refractivity contribution is 6.02. The van der Waals surface area contributed by atoms with Crippen molar-refractivity contribution >= 4 is 17.5 Å². The molecule has 49 heavy (non-hydrogen) atoms. The molecule has 0 bridgehead atoms. The highest BCUT2D eigenvalue weighted by Crippen LogP contribution is 2.65. The Labute approximate surface area is 292 Å². The smallest absolute Gasteiger partial charge is 0.331 e. The number of carbonyl (C=O) groups is 3. The van der Waals surface area contributed by atoms with E-state index in [1.165, 1.54) is 30.1 Å². The Balaban J connectivity index is 1.25. The average Bonchev–Trinajstić information content (AvgIpc) is 3.21. The van der Waals surface area contributed by atoms with Crippen LogP contribution in [-0.4, -0.2) is 46.1 Å². The molecule has 0 spiro atoms. The molecule has 0 saturated heterocycles. The Morgan fingerprint density at radius 2 is 1.76 bits per heavy atom. The van der Waals surface area contributed by atoms with Gasteiger partial charge in [0.15, 0.2) is 18.0 Å². The van der Waals surface area contributed by atoms with Gasteiger partial charge in [-0.15, -0.1) is 0 Å². The molecule has 1 fully saturated rings. The molecule has 0 aromatic carbocycles. The molecule has 1 saturated carbocycles. The molecule has 0 amide bonds. The Hall–Kier alpha value is -3.61. The maximum absolute atomic E-state index is 13.8. The number of esters is 1. The molecule has 5 aliphatic rings. The average molecular weight is 667 g/mol. The van der Waals surface area contributed by atoms with Gasteiger partial charge in [-0.1, -0.05) is 93.0 Å². The van der Waals surface area contributed by atoms with Crippen molar-refractivity contribution in [2.24, 2.45) is 34.0 Å². The van der Waals surface area contributed by atoms with Gasteiger partial charge in [0.05, 0.1) is 6.10 Å². The molecule has 0 radical (unpaired) electrons. The summed E-state index contributed by atoms with van der Waals surface area (Å²) >= 11 is 0. The quantitative estimate of drug-likeness (QED) is 0.118. The summed E-state index contributed by atoms with van der Waals surface area (Å²) in [5.74, 6) is -1.97. The predicted molar refractivity (Wildman–Crippen MR) is 194 cm³/mol. The highest BCUT2D eigenvalue weighted by atomic mass is 16.5. The molecule has 7 atom stereocenters. The van der Waals surface area contributed by atoms with E-state index in [4.69, 9.17) is 4.74 Å². The van der Waals surface area contributed by atoms with Gasteiger partial charge in [-0.2, -0.15) is 0 Å². The number of aliphatic hydroxyl groups excluding tert-OH is 1. The molecule has 0 aromatic rings. The molecule has 6 heteroatoms. The van der Waals surface area contributed by atoms with E-state index in [-0.39, 0.29) is 35.4 Å². The minimum absolute atomic E-state index is 0.0667. The number of ether oxygens (including phenoxy) is 1.